The lowest BCUT2D eigenvalue weighted by molar-refractivity contribution is 0.145. The topological polar surface area (TPSA) is 40.5 Å². The van der Waals surface area contributed by atoms with Crippen LogP contribution in [0.4, 0.5) is 4.79 Å². The van der Waals surface area contributed by atoms with E-state index in [0.29, 0.717) is 12.5 Å². The second kappa shape index (κ2) is 1.75. The summed E-state index contributed by atoms with van der Waals surface area (Å²) in [5.74, 6) is 0.501. The van der Waals surface area contributed by atoms with E-state index in [-0.39, 0.29) is 6.04 Å². The van der Waals surface area contributed by atoms with E-state index in [1.807, 2.05) is 6.08 Å². The maximum absolute atomic E-state index is 10.5. The predicted octanol–water partition coefficient (Wildman–Crippen LogP) is 0.925. The van der Waals surface area contributed by atoms with Crippen molar-refractivity contribution in [2.24, 2.45) is 5.92 Å². The van der Waals surface area contributed by atoms with Crippen LogP contribution in [0.2, 0.25) is 0 Å². The molecule has 0 aromatic heterocycles. The van der Waals surface area contributed by atoms with E-state index in [4.69, 9.17) is 5.11 Å². The normalized spacial score (nSPS) is 35.4. The second-order valence-corrected chi connectivity index (χ2v) is 2.88. The summed E-state index contributed by atoms with van der Waals surface area (Å²) >= 11 is 0. The quantitative estimate of drug-likeness (QED) is 0.507. The first-order chi connectivity index (χ1) is 4.77. The first-order valence-electron chi connectivity index (χ1n) is 3.45. The minimum Gasteiger partial charge on any atom is -0.465 e. The number of carboxylic acid groups (broad SMARTS) is 1. The Morgan fingerprint density at radius 2 is 2.40 bits per heavy atom. The standard InChI is InChI=1S/C7H9NO2/c9-7(10)8-4-5-1-2-6(8)3-5/h1-2,5-6H,3-4H2,(H,9,10)/t5-,6+/m0/s1. The molecule has 0 unspecified atom stereocenters. The van der Waals surface area contributed by atoms with Gasteiger partial charge >= 0.3 is 6.09 Å². The van der Waals surface area contributed by atoms with Gasteiger partial charge < -0.3 is 10.0 Å². The summed E-state index contributed by atoms with van der Waals surface area (Å²) in [5, 5.41) is 8.63. The average Bonchev–Trinajstić information content (AvgIpc) is 2.44. The molecule has 1 aliphatic heterocycles. The molecule has 0 aromatic rings. The highest BCUT2D eigenvalue weighted by Crippen LogP contribution is 2.30. The summed E-state index contributed by atoms with van der Waals surface area (Å²) in [5.41, 5.74) is 0. The Kier molecular flexibility index (Phi) is 1.01. The van der Waals surface area contributed by atoms with Gasteiger partial charge in [-0.15, -0.1) is 0 Å². The highest BCUT2D eigenvalue weighted by molar-refractivity contribution is 5.66. The van der Waals surface area contributed by atoms with E-state index in [0.717, 1.165) is 6.42 Å². The maximum atomic E-state index is 10.5. The van der Waals surface area contributed by atoms with Crippen LogP contribution >= 0.6 is 0 Å². The Morgan fingerprint density at radius 3 is 2.70 bits per heavy atom. The maximum Gasteiger partial charge on any atom is 0.407 e. The third-order valence-electron chi connectivity index (χ3n) is 2.23. The third kappa shape index (κ3) is 0.632. The first-order valence-corrected chi connectivity index (χ1v) is 3.45. The van der Waals surface area contributed by atoms with Crippen LogP contribution in [0, 0.1) is 5.92 Å². The highest BCUT2D eigenvalue weighted by atomic mass is 16.4. The van der Waals surface area contributed by atoms with Crippen LogP contribution in [0.5, 0.6) is 0 Å². The molecule has 3 nitrogen and oxygen atoms in total. The molecule has 2 bridgehead atoms. The molecule has 0 radical (unpaired) electrons. The molecular weight excluding hydrogens is 130 g/mol. The average molecular weight is 139 g/mol. The molecule has 1 amide bonds. The van der Waals surface area contributed by atoms with Crippen molar-refractivity contribution >= 4 is 6.09 Å². The summed E-state index contributed by atoms with van der Waals surface area (Å²) in [6.45, 7) is 0.705. The van der Waals surface area contributed by atoms with E-state index in [1.165, 1.54) is 4.90 Å². The molecule has 10 heavy (non-hydrogen) atoms. The van der Waals surface area contributed by atoms with Crippen LogP contribution in [0.15, 0.2) is 12.2 Å². The van der Waals surface area contributed by atoms with Crippen molar-refractivity contribution in [3.63, 3.8) is 0 Å². The number of likely N-dealkylation sites (tertiary alicyclic amines) is 1. The van der Waals surface area contributed by atoms with Crippen LogP contribution in [0.3, 0.4) is 0 Å². The van der Waals surface area contributed by atoms with Crippen LogP contribution in [0.1, 0.15) is 6.42 Å². The number of hydrogen-bond donors (Lipinski definition) is 1. The third-order valence-corrected chi connectivity index (χ3v) is 2.23. The van der Waals surface area contributed by atoms with Gasteiger partial charge in [-0.2, -0.15) is 0 Å². The second-order valence-electron chi connectivity index (χ2n) is 2.88. The SMILES string of the molecule is O=C(O)N1C[C@H]2C=C[C@@H]1C2. The van der Waals surface area contributed by atoms with Gasteiger partial charge in [-0.3, -0.25) is 0 Å². The molecule has 0 saturated carbocycles. The van der Waals surface area contributed by atoms with Gasteiger partial charge in [-0.05, 0) is 12.3 Å². The lowest BCUT2D eigenvalue weighted by Gasteiger charge is -2.19. The van der Waals surface area contributed by atoms with Crippen molar-refractivity contribution < 1.29 is 9.90 Å². The first kappa shape index (κ1) is 5.77. The summed E-state index contributed by atoms with van der Waals surface area (Å²) in [6.07, 6.45) is 4.33. The molecule has 1 heterocycles. The number of nitrogens with zero attached hydrogens (tertiary/aromatic N) is 1. The molecular formula is C7H9NO2. The van der Waals surface area contributed by atoms with Gasteiger partial charge in [-0.25, -0.2) is 4.79 Å². The van der Waals surface area contributed by atoms with Crippen molar-refractivity contribution in [2.75, 3.05) is 6.54 Å². The van der Waals surface area contributed by atoms with Crippen molar-refractivity contribution in [3.05, 3.63) is 12.2 Å². The zero-order valence-corrected chi connectivity index (χ0v) is 5.53. The fourth-order valence-electron chi connectivity index (χ4n) is 1.73. The van der Waals surface area contributed by atoms with Crippen LogP contribution in [-0.2, 0) is 0 Å². The zero-order chi connectivity index (χ0) is 7.14. The fraction of sp³-hybridized carbons (Fsp3) is 0.571. The molecule has 54 valence electrons. The van der Waals surface area contributed by atoms with Gasteiger partial charge in [0.15, 0.2) is 0 Å². The van der Waals surface area contributed by atoms with Crippen LogP contribution < -0.4 is 0 Å². The molecule has 2 rings (SSSR count). The monoisotopic (exact) mass is 139 g/mol. The zero-order valence-electron chi connectivity index (χ0n) is 5.53. The number of fused-ring (bicyclic) bond motifs is 2. The minimum atomic E-state index is -0.781. The van der Waals surface area contributed by atoms with Gasteiger partial charge in [0, 0.05) is 6.54 Å². The Bertz CT molecular complexity index is 200. The Hall–Kier alpha value is -0.990. The van der Waals surface area contributed by atoms with E-state index in [9.17, 15) is 4.79 Å². The van der Waals surface area contributed by atoms with Crippen molar-refractivity contribution in [2.45, 2.75) is 12.5 Å². The van der Waals surface area contributed by atoms with E-state index < -0.39 is 6.09 Å². The number of carbonyl (C=O) groups is 1. The lowest BCUT2D eigenvalue weighted by Crippen LogP contribution is -2.34. The van der Waals surface area contributed by atoms with E-state index in [1.54, 1.807) is 0 Å². The van der Waals surface area contributed by atoms with Gasteiger partial charge in [-0.1, -0.05) is 12.2 Å². The Labute approximate surface area is 58.9 Å². The summed E-state index contributed by atoms with van der Waals surface area (Å²) in [7, 11) is 0. The fourth-order valence-corrected chi connectivity index (χ4v) is 1.73. The molecule has 1 N–H and O–H groups in total. The van der Waals surface area contributed by atoms with Gasteiger partial charge in [0.05, 0.1) is 6.04 Å². The molecule has 2 atom stereocenters. The van der Waals surface area contributed by atoms with Gasteiger partial charge in [0.2, 0.25) is 0 Å². The van der Waals surface area contributed by atoms with E-state index in [2.05, 4.69) is 6.08 Å². The molecule has 2 aliphatic rings. The smallest absolute Gasteiger partial charge is 0.407 e. The lowest BCUT2D eigenvalue weighted by atomic mass is 10.2. The Balaban J connectivity index is 2.16. The highest BCUT2D eigenvalue weighted by Gasteiger charge is 2.36. The number of rotatable bonds is 0. The van der Waals surface area contributed by atoms with Crippen LogP contribution in [-0.4, -0.2) is 28.7 Å². The predicted molar refractivity (Wildman–Crippen MR) is 35.8 cm³/mol. The van der Waals surface area contributed by atoms with Crippen LogP contribution in [0.25, 0.3) is 0 Å². The molecule has 1 saturated heterocycles. The largest absolute Gasteiger partial charge is 0.465 e. The molecule has 1 fully saturated rings. The molecule has 1 aliphatic carbocycles. The summed E-state index contributed by atoms with van der Waals surface area (Å²) in [6, 6.07) is 0.183. The summed E-state index contributed by atoms with van der Waals surface area (Å²) < 4.78 is 0. The minimum absolute atomic E-state index is 0.183. The van der Waals surface area contributed by atoms with E-state index >= 15 is 0 Å². The van der Waals surface area contributed by atoms with Crippen molar-refractivity contribution in [1.82, 2.24) is 4.90 Å². The van der Waals surface area contributed by atoms with Crippen molar-refractivity contribution in [3.8, 4) is 0 Å². The molecule has 0 aromatic carbocycles. The Morgan fingerprint density at radius 1 is 1.60 bits per heavy atom. The van der Waals surface area contributed by atoms with Crippen molar-refractivity contribution in [1.29, 1.82) is 0 Å². The van der Waals surface area contributed by atoms with Gasteiger partial charge in [0.25, 0.3) is 0 Å². The van der Waals surface area contributed by atoms with Gasteiger partial charge in [0.1, 0.15) is 0 Å². The molecule has 3 heteroatoms. The number of amides is 1. The molecule has 0 spiro atoms. The summed E-state index contributed by atoms with van der Waals surface area (Å²) in [4.78, 5) is 12.0. The number of hydrogen-bond acceptors (Lipinski definition) is 1.